The minimum absolute atomic E-state index is 0.0911. The molecule has 0 aromatic carbocycles. The Morgan fingerprint density at radius 1 is 0.500 bits per heavy atom. The Hall–Kier alpha value is -2.36. The van der Waals surface area contributed by atoms with E-state index in [-0.39, 0.29) is 18.5 Å². The van der Waals surface area contributed by atoms with E-state index < -0.39 is 5.97 Å². The van der Waals surface area contributed by atoms with Gasteiger partial charge in [-0.2, -0.15) is 0 Å². The van der Waals surface area contributed by atoms with Crippen LogP contribution in [-0.4, -0.2) is 23.1 Å². The number of carboxylic acids is 1. The summed E-state index contributed by atoms with van der Waals surface area (Å²) in [6.07, 6.45) is 54.1. The van der Waals surface area contributed by atoms with Crippen LogP contribution in [0.5, 0.6) is 0 Å². The summed E-state index contributed by atoms with van der Waals surface area (Å²) in [6.45, 7) is 4.41. The summed E-state index contributed by atoms with van der Waals surface area (Å²) in [5, 5.41) is 8.82. The molecule has 0 aliphatic heterocycles. The predicted molar refractivity (Wildman–Crippen MR) is 208 cm³/mol. The maximum Gasteiger partial charge on any atom is 0.306 e. The number of ether oxygens (including phenoxy) is 1. The lowest BCUT2D eigenvalue weighted by Gasteiger charge is -2.14. The maximum atomic E-state index is 12.6. The Kier molecular flexibility index (Phi) is 37.2. The van der Waals surface area contributed by atoms with Crippen LogP contribution in [0.3, 0.4) is 0 Å². The van der Waals surface area contributed by atoms with E-state index in [9.17, 15) is 9.59 Å². The summed E-state index contributed by atoms with van der Waals surface area (Å²) < 4.78 is 5.84. The molecule has 0 fully saturated rings. The summed E-state index contributed by atoms with van der Waals surface area (Å²) in [7, 11) is 0. The summed E-state index contributed by atoms with van der Waals surface area (Å²) in [4.78, 5) is 23.3. The molecule has 276 valence electrons. The van der Waals surface area contributed by atoms with E-state index in [4.69, 9.17) is 9.84 Å². The Labute approximate surface area is 297 Å². The molecule has 0 aromatic rings. The second kappa shape index (κ2) is 39.1. The van der Waals surface area contributed by atoms with Gasteiger partial charge in [-0.05, 0) is 83.1 Å². The third-order valence-electron chi connectivity index (χ3n) is 8.71. The first kappa shape index (κ1) is 45.6. The van der Waals surface area contributed by atoms with Crippen molar-refractivity contribution >= 4 is 11.9 Å². The Bertz CT molecular complexity index is 850. The van der Waals surface area contributed by atoms with E-state index in [1.165, 1.54) is 103 Å². The van der Waals surface area contributed by atoms with Crippen molar-refractivity contribution in [3.8, 4) is 0 Å². The zero-order valence-corrected chi connectivity index (χ0v) is 31.5. The molecule has 48 heavy (non-hydrogen) atoms. The fraction of sp³-hybridized carbons (Fsp3) is 0.727. The normalized spacial score (nSPS) is 12.9. The topological polar surface area (TPSA) is 63.6 Å². The van der Waals surface area contributed by atoms with Gasteiger partial charge in [0.25, 0.3) is 0 Å². The molecule has 0 bridgehead atoms. The van der Waals surface area contributed by atoms with E-state index in [1.807, 2.05) is 6.08 Å². The quantitative estimate of drug-likeness (QED) is 0.0410. The number of rotatable bonds is 36. The van der Waals surface area contributed by atoms with Crippen LogP contribution in [0.4, 0.5) is 0 Å². The van der Waals surface area contributed by atoms with E-state index in [2.05, 4.69) is 68.5 Å². The van der Waals surface area contributed by atoms with Gasteiger partial charge in [0.05, 0.1) is 0 Å². The zero-order valence-electron chi connectivity index (χ0n) is 31.5. The van der Waals surface area contributed by atoms with Gasteiger partial charge < -0.3 is 9.84 Å². The van der Waals surface area contributed by atoms with E-state index in [0.29, 0.717) is 12.8 Å². The highest BCUT2D eigenvalue weighted by atomic mass is 16.5. The van der Waals surface area contributed by atoms with Crippen LogP contribution in [-0.2, 0) is 14.3 Å². The molecule has 0 saturated heterocycles. The summed E-state index contributed by atoms with van der Waals surface area (Å²) in [5.74, 6) is -0.822. The smallest absolute Gasteiger partial charge is 0.306 e. The first-order valence-corrected chi connectivity index (χ1v) is 20.3. The monoisotopic (exact) mass is 669 g/mol. The van der Waals surface area contributed by atoms with Gasteiger partial charge in [0.1, 0.15) is 6.10 Å². The fourth-order valence-corrected chi connectivity index (χ4v) is 5.74. The molecule has 0 heterocycles. The van der Waals surface area contributed by atoms with Crippen molar-refractivity contribution in [3.63, 3.8) is 0 Å². The van der Waals surface area contributed by atoms with Crippen molar-refractivity contribution in [2.24, 2.45) is 0 Å². The lowest BCUT2D eigenvalue weighted by atomic mass is 10.0. The van der Waals surface area contributed by atoms with Crippen molar-refractivity contribution in [1.29, 1.82) is 0 Å². The Morgan fingerprint density at radius 2 is 0.938 bits per heavy atom. The van der Waals surface area contributed by atoms with Crippen molar-refractivity contribution < 1.29 is 19.4 Å². The number of carbonyl (C=O) groups is 2. The third-order valence-corrected chi connectivity index (χ3v) is 8.71. The number of carboxylic acid groups (broad SMARTS) is 1. The van der Waals surface area contributed by atoms with Crippen molar-refractivity contribution in [1.82, 2.24) is 0 Å². The van der Waals surface area contributed by atoms with Crippen LogP contribution in [0.15, 0.2) is 60.8 Å². The molecular formula is C44H76O4. The van der Waals surface area contributed by atoms with Crippen molar-refractivity contribution in [3.05, 3.63) is 60.8 Å². The van der Waals surface area contributed by atoms with Crippen LogP contribution in [0.2, 0.25) is 0 Å². The summed E-state index contributed by atoms with van der Waals surface area (Å²) in [5.41, 5.74) is 0. The number of unbranched alkanes of at least 4 members (excludes halogenated alkanes) is 19. The van der Waals surface area contributed by atoms with Gasteiger partial charge in [-0.3, -0.25) is 9.59 Å². The van der Waals surface area contributed by atoms with Gasteiger partial charge in [0, 0.05) is 12.8 Å². The lowest BCUT2D eigenvalue weighted by molar-refractivity contribution is -0.147. The second-order valence-electron chi connectivity index (χ2n) is 13.4. The predicted octanol–water partition coefficient (Wildman–Crippen LogP) is 14.1. The molecule has 0 amide bonds. The molecule has 0 rings (SSSR count). The maximum absolute atomic E-state index is 12.6. The zero-order chi connectivity index (χ0) is 35.0. The molecule has 0 radical (unpaired) electrons. The largest absolute Gasteiger partial charge is 0.481 e. The summed E-state index contributed by atoms with van der Waals surface area (Å²) >= 11 is 0. The van der Waals surface area contributed by atoms with E-state index >= 15 is 0 Å². The minimum Gasteiger partial charge on any atom is -0.481 e. The van der Waals surface area contributed by atoms with E-state index in [0.717, 1.165) is 64.2 Å². The lowest BCUT2D eigenvalue weighted by Crippen LogP contribution is -2.16. The molecule has 4 nitrogen and oxygen atoms in total. The molecule has 0 aromatic heterocycles. The van der Waals surface area contributed by atoms with Crippen LogP contribution in [0.1, 0.15) is 200 Å². The first-order valence-electron chi connectivity index (χ1n) is 20.3. The molecule has 4 heteroatoms. The van der Waals surface area contributed by atoms with Crippen LogP contribution in [0.25, 0.3) is 0 Å². The number of allylic oxidation sites excluding steroid dienone is 9. The Morgan fingerprint density at radius 3 is 1.48 bits per heavy atom. The average Bonchev–Trinajstić information content (AvgIpc) is 3.07. The molecule has 1 N–H and O–H groups in total. The van der Waals surface area contributed by atoms with Crippen molar-refractivity contribution in [2.75, 3.05) is 0 Å². The number of esters is 1. The van der Waals surface area contributed by atoms with E-state index in [1.54, 1.807) is 0 Å². The molecule has 0 saturated carbocycles. The SMILES string of the molecule is CC/C=C\C/C=C\C/C=C\C(CCCCCCC(=O)O)OC(=O)CCCCCCCCCCCCC/C=C\C/C=C\CCCCCCC. The van der Waals surface area contributed by atoms with Gasteiger partial charge in [0.2, 0.25) is 0 Å². The van der Waals surface area contributed by atoms with Crippen LogP contribution in [0, 0.1) is 0 Å². The molecule has 0 aliphatic rings. The molecule has 0 aliphatic carbocycles. The molecule has 1 atom stereocenters. The van der Waals surface area contributed by atoms with Gasteiger partial charge in [-0.15, -0.1) is 0 Å². The molecular weight excluding hydrogens is 592 g/mol. The van der Waals surface area contributed by atoms with Crippen LogP contribution >= 0.6 is 0 Å². The molecule has 0 spiro atoms. The highest BCUT2D eigenvalue weighted by Crippen LogP contribution is 2.15. The van der Waals surface area contributed by atoms with Crippen LogP contribution < -0.4 is 0 Å². The molecule has 1 unspecified atom stereocenters. The highest BCUT2D eigenvalue weighted by molar-refractivity contribution is 5.69. The fourth-order valence-electron chi connectivity index (χ4n) is 5.74. The van der Waals surface area contributed by atoms with Gasteiger partial charge in [0.15, 0.2) is 0 Å². The van der Waals surface area contributed by atoms with Gasteiger partial charge in [-0.25, -0.2) is 0 Å². The number of hydrogen-bond acceptors (Lipinski definition) is 3. The summed E-state index contributed by atoms with van der Waals surface area (Å²) in [6, 6.07) is 0. The van der Waals surface area contributed by atoms with Gasteiger partial charge >= 0.3 is 11.9 Å². The minimum atomic E-state index is -0.731. The second-order valence-corrected chi connectivity index (χ2v) is 13.4. The van der Waals surface area contributed by atoms with Crippen molar-refractivity contribution in [2.45, 2.75) is 206 Å². The van der Waals surface area contributed by atoms with Gasteiger partial charge in [-0.1, -0.05) is 165 Å². The standard InChI is InChI=1S/C44H76O4/c1-3-5-7-9-11-13-14-15-16-17-18-19-20-21-22-23-24-25-26-27-29-31-37-41-44(47)48-42(39-35-32-33-36-40-43(45)46)38-34-30-28-12-10-8-6-4-2/h6,8,12,14-15,17-18,28,34,38,42H,3-5,7,9-11,13,16,19-27,29-33,35-37,39-41H2,1-2H3,(H,45,46)/b8-6-,15-14-,18-17-,28-12-,38-34-. The number of hydrogen-bond donors (Lipinski definition) is 1. The average molecular weight is 669 g/mol. The number of carbonyl (C=O) groups excluding carboxylic acids is 1. The third kappa shape index (κ3) is 38.1. The highest BCUT2D eigenvalue weighted by Gasteiger charge is 2.11. The number of aliphatic carboxylic acids is 1. The Balaban J connectivity index is 3.87. The first-order chi connectivity index (χ1) is 23.6.